The fraction of sp³-hybridized carbons (Fsp3) is 0.312. The van der Waals surface area contributed by atoms with Gasteiger partial charge in [-0.3, -0.25) is 15.1 Å². The van der Waals surface area contributed by atoms with Crippen LogP contribution in [0.4, 0.5) is 24.0 Å². The van der Waals surface area contributed by atoms with Crippen LogP contribution in [0.15, 0.2) is 35.4 Å². The molecule has 1 aromatic carbocycles. The molecule has 0 aliphatic carbocycles. The van der Waals surface area contributed by atoms with Crippen LogP contribution < -0.4 is 10.3 Å². The number of hydrogen-bond acceptors (Lipinski definition) is 8. The molecule has 1 aromatic heterocycles. The van der Waals surface area contributed by atoms with E-state index in [0.29, 0.717) is 5.69 Å². The van der Waals surface area contributed by atoms with Crippen LogP contribution in [0.3, 0.4) is 0 Å². The maximum absolute atomic E-state index is 12.7. The van der Waals surface area contributed by atoms with Crippen LogP contribution in [0.1, 0.15) is 18.4 Å². The van der Waals surface area contributed by atoms with E-state index < -0.39 is 29.1 Å². The number of carbonyl (C=O) groups excluding carboxylic acids is 2. The van der Waals surface area contributed by atoms with Gasteiger partial charge in [0.15, 0.2) is 0 Å². The predicted octanol–water partition coefficient (Wildman–Crippen LogP) is 2.69. The summed E-state index contributed by atoms with van der Waals surface area (Å²) < 4.78 is 42.9. The van der Waals surface area contributed by atoms with Gasteiger partial charge in [-0.2, -0.15) is 18.3 Å². The molecule has 3 rings (SSSR count). The van der Waals surface area contributed by atoms with Crippen molar-refractivity contribution in [2.75, 3.05) is 16.9 Å². The van der Waals surface area contributed by atoms with Gasteiger partial charge in [0.25, 0.3) is 5.91 Å². The van der Waals surface area contributed by atoms with E-state index in [-0.39, 0.29) is 35.2 Å². The van der Waals surface area contributed by atoms with E-state index in [0.717, 1.165) is 0 Å². The molecular formula is C16H14F3N5O3S. The number of esters is 1. The molecule has 148 valence electrons. The Morgan fingerprint density at radius 3 is 2.61 bits per heavy atom. The lowest BCUT2D eigenvalue weighted by Crippen LogP contribution is -2.38. The fourth-order valence-electron chi connectivity index (χ4n) is 2.45. The minimum Gasteiger partial charge on any atom is -0.461 e. The number of halogens is 3. The van der Waals surface area contributed by atoms with Crippen molar-refractivity contribution in [3.63, 3.8) is 0 Å². The Morgan fingerprint density at radius 2 is 2.00 bits per heavy atom. The second-order valence-corrected chi connectivity index (χ2v) is 6.54. The third-order valence-electron chi connectivity index (χ3n) is 3.64. The molecule has 28 heavy (non-hydrogen) atoms. The van der Waals surface area contributed by atoms with Crippen LogP contribution in [-0.2, 0) is 20.5 Å². The van der Waals surface area contributed by atoms with Crippen LogP contribution in [0, 0.1) is 0 Å². The summed E-state index contributed by atoms with van der Waals surface area (Å²) in [6.45, 7) is 1.78. The minimum absolute atomic E-state index is 0.0408. The third kappa shape index (κ3) is 4.27. The highest BCUT2D eigenvalue weighted by atomic mass is 32.1. The summed E-state index contributed by atoms with van der Waals surface area (Å²) in [7, 11) is 0. The smallest absolute Gasteiger partial charge is 0.445 e. The van der Waals surface area contributed by atoms with Gasteiger partial charge in [0.2, 0.25) is 10.1 Å². The van der Waals surface area contributed by atoms with E-state index in [4.69, 9.17) is 4.74 Å². The number of rotatable bonds is 5. The average molecular weight is 413 g/mol. The molecule has 1 atom stereocenters. The zero-order chi connectivity index (χ0) is 20.3. The Hall–Kier alpha value is -3.02. The van der Waals surface area contributed by atoms with Gasteiger partial charge >= 0.3 is 12.1 Å². The molecule has 1 unspecified atom stereocenters. The second kappa shape index (κ2) is 7.92. The molecule has 1 aliphatic heterocycles. The number of aromatic nitrogens is 2. The highest BCUT2D eigenvalue weighted by Gasteiger charge is 2.39. The lowest BCUT2D eigenvalue weighted by Gasteiger charge is -2.22. The molecule has 12 heteroatoms. The van der Waals surface area contributed by atoms with Crippen molar-refractivity contribution < 1.29 is 27.5 Å². The monoisotopic (exact) mass is 413 g/mol. The number of nitrogens with zero attached hydrogens (tertiary/aromatic N) is 4. The van der Waals surface area contributed by atoms with Gasteiger partial charge in [0, 0.05) is 6.42 Å². The van der Waals surface area contributed by atoms with Crippen molar-refractivity contribution in [1.29, 1.82) is 0 Å². The Bertz CT molecular complexity index is 900. The summed E-state index contributed by atoms with van der Waals surface area (Å²) in [5.41, 5.74) is 0.578. The number of amides is 1. The summed E-state index contributed by atoms with van der Waals surface area (Å²) in [6, 6.07) is 7.63. The van der Waals surface area contributed by atoms with E-state index in [2.05, 4.69) is 20.6 Å². The average Bonchev–Trinajstić information content (AvgIpc) is 3.29. The number of hydrogen-bond donors (Lipinski definition) is 1. The highest BCUT2D eigenvalue weighted by Crippen LogP contribution is 2.33. The number of alkyl halides is 3. The number of ether oxygens (including phenoxy) is 1. The van der Waals surface area contributed by atoms with Gasteiger partial charge < -0.3 is 4.74 Å². The first-order chi connectivity index (χ1) is 13.3. The first-order valence-electron chi connectivity index (χ1n) is 8.10. The summed E-state index contributed by atoms with van der Waals surface area (Å²) in [5.74, 6) is -1.33. The molecule has 2 heterocycles. The molecular weight excluding hydrogens is 399 g/mol. The van der Waals surface area contributed by atoms with Gasteiger partial charge in [0.1, 0.15) is 11.8 Å². The topological polar surface area (TPSA) is 96.8 Å². The van der Waals surface area contributed by atoms with Gasteiger partial charge in [-0.1, -0.05) is 29.5 Å². The third-order valence-corrected chi connectivity index (χ3v) is 4.53. The Kier molecular flexibility index (Phi) is 5.58. The quantitative estimate of drug-likeness (QED) is 0.757. The Balaban J connectivity index is 1.81. The van der Waals surface area contributed by atoms with Crippen molar-refractivity contribution >= 4 is 39.7 Å². The zero-order valence-corrected chi connectivity index (χ0v) is 15.3. The van der Waals surface area contributed by atoms with Gasteiger partial charge in [-0.05, 0) is 19.1 Å². The molecule has 0 saturated carbocycles. The van der Waals surface area contributed by atoms with Crippen LogP contribution in [-0.4, -0.2) is 40.4 Å². The molecule has 2 aromatic rings. The number of para-hydroxylation sites is 1. The molecule has 8 nitrogen and oxygen atoms in total. The molecule has 0 fully saturated rings. The van der Waals surface area contributed by atoms with E-state index in [1.807, 2.05) is 0 Å². The van der Waals surface area contributed by atoms with Gasteiger partial charge in [0.05, 0.1) is 12.3 Å². The summed E-state index contributed by atoms with van der Waals surface area (Å²) in [4.78, 5) is 24.7. The zero-order valence-electron chi connectivity index (χ0n) is 14.4. The van der Waals surface area contributed by atoms with Crippen molar-refractivity contribution in [3.05, 3.63) is 35.3 Å². The largest absolute Gasteiger partial charge is 0.461 e. The summed E-state index contributed by atoms with van der Waals surface area (Å²) in [6.07, 6.45) is -4.71. The van der Waals surface area contributed by atoms with Crippen molar-refractivity contribution in [2.45, 2.75) is 25.6 Å². The molecule has 1 N–H and O–H groups in total. The van der Waals surface area contributed by atoms with Crippen molar-refractivity contribution in [3.8, 4) is 0 Å². The molecule has 0 spiro atoms. The highest BCUT2D eigenvalue weighted by molar-refractivity contribution is 7.15. The first kappa shape index (κ1) is 19.7. The van der Waals surface area contributed by atoms with E-state index in [9.17, 15) is 22.8 Å². The molecule has 0 bridgehead atoms. The van der Waals surface area contributed by atoms with Crippen LogP contribution in [0.25, 0.3) is 0 Å². The number of benzene rings is 1. The normalized spacial score (nSPS) is 16.6. The first-order valence-corrected chi connectivity index (χ1v) is 8.91. The minimum atomic E-state index is -4.65. The van der Waals surface area contributed by atoms with Crippen molar-refractivity contribution in [2.24, 2.45) is 5.10 Å². The maximum Gasteiger partial charge on any atom is 0.445 e. The number of anilines is 2. The van der Waals surface area contributed by atoms with E-state index in [1.165, 1.54) is 5.01 Å². The standard InChI is InChI=1S/C16H14F3N5O3S/c1-2-27-13(26)10-8-11(24(23-10)9-6-4-3-5-7-9)12(25)20-15-22-21-14(28-15)16(17,18)19/h3-7,11H,2,8H2,1H3,(H,20,22,25). The van der Waals surface area contributed by atoms with Crippen LogP contribution in [0.2, 0.25) is 0 Å². The lowest BCUT2D eigenvalue weighted by atomic mass is 10.1. The molecule has 0 radical (unpaired) electrons. The Morgan fingerprint density at radius 1 is 1.29 bits per heavy atom. The Labute approximate surface area is 161 Å². The van der Waals surface area contributed by atoms with Crippen molar-refractivity contribution in [1.82, 2.24) is 10.2 Å². The molecule has 0 saturated heterocycles. The predicted molar refractivity (Wildman–Crippen MR) is 94.9 cm³/mol. The van der Waals surface area contributed by atoms with Crippen LogP contribution >= 0.6 is 11.3 Å². The van der Waals surface area contributed by atoms with Gasteiger partial charge in [-0.25, -0.2) is 4.79 Å². The number of carbonyl (C=O) groups is 2. The fourth-order valence-corrected chi connectivity index (χ4v) is 3.06. The summed E-state index contributed by atoms with van der Waals surface area (Å²) in [5, 5.41) is 12.7. The van der Waals surface area contributed by atoms with E-state index >= 15 is 0 Å². The number of nitrogens with one attached hydrogen (secondary N) is 1. The van der Waals surface area contributed by atoms with Gasteiger partial charge in [-0.15, -0.1) is 10.2 Å². The number of hydrazone groups is 1. The second-order valence-electron chi connectivity index (χ2n) is 5.57. The van der Waals surface area contributed by atoms with Crippen LogP contribution in [0.5, 0.6) is 0 Å². The molecule has 1 amide bonds. The van der Waals surface area contributed by atoms with E-state index in [1.54, 1.807) is 37.3 Å². The SMILES string of the molecule is CCOC(=O)C1=NN(c2ccccc2)C(C(=O)Nc2nnc(C(F)(F)F)s2)C1. The summed E-state index contributed by atoms with van der Waals surface area (Å²) >= 11 is 0.212. The molecule has 1 aliphatic rings. The maximum atomic E-state index is 12.7. The lowest BCUT2D eigenvalue weighted by molar-refractivity contribution is -0.138.